The summed E-state index contributed by atoms with van der Waals surface area (Å²) in [6.07, 6.45) is 0. The fourth-order valence-electron chi connectivity index (χ4n) is 2.66. The van der Waals surface area contributed by atoms with Crippen LogP contribution < -0.4 is 10.6 Å². The first-order valence-electron chi connectivity index (χ1n) is 6.29. The quantitative estimate of drug-likeness (QED) is 0.598. The number of likely N-dealkylation sites (N-methyl/N-ethyl adjacent to an activating group) is 1. The Morgan fingerprint density at radius 3 is 2.74 bits per heavy atom. The molecule has 0 aromatic carbocycles. The van der Waals surface area contributed by atoms with Crippen molar-refractivity contribution < 1.29 is 4.92 Å². The zero-order valence-electron chi connectivity index (χ0n) is 11.5. The van der Waals surface area contributed by atoms with E-state index >= 15 is 0 Å². The SMILES string of the molecule is Cc1nn(C)c(N2CCN(C)CC2CN)c1[N+](=O)[O-]. The van der Waals surface area contributed by atoms with Gasteiger partial charge in [0.05, 0.1) is 11.0 Å². The summed E-state index contributed by atoms with van der Waals surface area (Å²) in [6, 6.07) is 0.0762. The molecule has 2 rings (SSSR count). The third-order valence-electron chi connectivity index (χ3n) is 3.57. The Morgan fingerprint density at radius 1 is 1.47 bits per heavy atom. The van der Waals surface area contributed by atoms with E-state index in [4.69, 9.17) is 5.73 Å². The van der Waals surface area contributed by atoms with Crippen molar-refractivity contribution in [2.75, 3.05) is 38.1 Å². The van der Waals surface area contributed by atoms with Gasteiger partial charge in [0.1, 0.15) is 5.69 Å². The maximum absolute atomic E-state index is 11.2. The molecule has 2 heterocycles. The van der Waals surface area contributed by atoms with Gasteiger partial charge in [0, 0.05) is 33.2 Å². The van der Waals surface area contributed by atoms with Gasteiger partial charge >= 0.3 is 5.69 Å². The number of piperazine rings is 1. The highest BCUT2D eigenvalue weighted by atomic mass is 16.6. The molecule has 19 heavy (non-hydrogen) atoms. The Labute approximate surface area is 111 Å². The molecular weight excluding hydrogens is 248 g/mol. The number of rotatable bonds is 3. The lowest BCUT2D eigenvalue weighted by Crippen LogP contribution is -2.55. The molecule has 1 aliphatic rings. The molecule has 1 atom stereocenters. The van der Waals surface area contributed by atoms with Crippen molar-refractivity contribution in [3.8, 4) is 0 Å². The first-order valence-corrected chi connectivity index (χ1v) is 6.29. The first-order chi connectivity index (χ1) is 8.95. The van der Waals surface area contributed by atoms with Gasteiger partial charge in [-0.3, -0.25) is 10.1 Å². The van der Waals surface area contributed by atoms with Gasteiger partial charge in [0.2, 0.25) is 5.82 Å². The zero-order chi connectivity index (χ0) is 14.2. The fraction of sp³-hybridized carbons (Fsp3) is 0.727. The van der Waals surface area contributed by atoms with Gasteiger partial charge in [0.25, 0.3) is 0 Å². The summed E-state index contributed by atoms with van der Waals surface area (Å²) in [5.74, 6) is 0.561. The van der Waals surface area contributed by atoms with Crippen LogP contribution in [0.3, 0.4) is 0 Å². The molecular formula is C11H20N6O2. The summed E-state index contributed by atoms with van der Waals surface area (Å²) < 4.78 is 1.58. The molecule has 0 amide bonds. The Kier molecular flexibility index (Phi) is 3.72. The number of hydrogen-bond donors (Lipinski definition) is 1. The van der Waals surface area contributed by atoms with Crippen LogP contribution in [-0.2, 0) is 7.05 Å². The number of hydrogen-bond acceptors (Lipinski definition) is 6. The maximum Gasteiger partial charge on any atom is 0.333 e. The van der Waals surface area contributed by atoms with Crippen molar-refractivity contribution in [3.63, 3.8) is 0 Å². The standard InChI is InChI=1S/C11H20N6O2/c1-8-10(17(18)19)11(15(3)13-8)16-5-4-14(2)7-9(16)6-12/h9H,4-7,12H2,1-3H3. The third-order valence-corrected chi connectivity index (χ3v) is 3.57. The molecule has 0 saturated carbocycles. The molecule has 0 bridgehead atoms. The van der Waals surface area contributed by atoms with E-state index in [2.05, 4.69) is 10.00 Å². The van der Waals surface area contributed by atoms with Gasteiger partial charge in [-0.25, -0.2) is 4.68 Å². The number of nitrogens with two attached hydrogens (primary N) is 1. The van der Waals surface area contributed by atoms with Gasteiger partial charge in [-0.05, 0) is 14.0 Å². The first kappa shape index (κ1) is 13.8. The van der Waals surface area contributed by atoms with E-state index in [-0.39, 0.29) is 16.7 Å². The second kappa shape index (κ2) is 5.14. The van der Waals surface area contributed by atoms with Gasteiger partial charge in [-0.15, -0.1) is 0 Å². The molecule has 1 fully saturated rings. The number of nitro groups is 1. The van der Waals surface area contributed by atoms with Crippen molar-refractivity contribution in [1.82, 2.24) is 14.7 Å². The molecule has 1 aliphatic heterocycles. The molecule has 8 nitrogen and oxygen atoms in total. The zero-order valence-corrected chi connectivity index (χ0v) is 11.5. The number of anilines is 1. The van der Waals surface area contributed by atoms with Crippen LogP contribution in [0.5, 0.6) is 0 Å². The summed E-state index contributed by atoms with van der Waals surface area (Å²) in [5.41, 5.74) is 6.34. The van der Waals surface area contributed by atoms with E-state index in [1.165, 1.54) is 0 Å². The number of aryl methyl sites for hydroxylation is 2. The van der Waals surface area contributed by atoms with Crippen LogP contribution >= 0.6 is 0 Å². The molecule has 0 aliphatic carbocycles. The van der Waals surface area contributed by atoms with Gasteiger partial charge < -0.3 is 15.5 Å². The molecule has 8 heteroatoms. The van der Waals surface area contributed by atoms with Gasteiger partial charge in [-0.1, -0.05) is 0 Å². The van der Waals surface area contributed by atoms with Crippen LogP contribution in [-0.4, -0.2) is 58.9 Å². The predicted octanol–water partition coefficient (Wildman–Crippen LogP) is -0.284. The summed E-state index contributed by atoms with van der Waals surface area (Å²) in [4.78, 5) is 15.1. The monoisotopic (exact) mass is 268 g/mol. The molecule has 1 aromatic rings. The van der Waals surface area contributed by atoms with Crippen LogP contribution in [0.1, 0.15) is 5.69 Å². The number of aromatic nitrogens is 2. The predicted molar refractivity (Wildman–Crippen MR) is 72.3 cm³/mol. The van der Waals surface area contributed by atoms with Crippen LogP contribution in [0, 0.1) is 17.0 Å². The van der Waals surface area contributed by atoms with E-state index in [0.717, 1.165) is 19.6 Å². The third kappa shape index (κ3) is 2.41. The normalized spacial score (nSPS) is 20.8. The Balaban J connectivity index is 2.43. The van der Waals surface area contributed by atoms with Crippen LogP contribution in [0.25, 0.3) is 0 Å². The minimum Gasteiger partial charge on any atom is -0.344 e. The lowest BCUT2D eigenvalue weighted by atomic mass is 10.1. The number of nitrogens with zero attached hydrogens (tertiary/aromatic N) is 5. The summed E-state index contributed by atoms with van der Waals surface area (Å²) in [6.45, 7) is 4.51. The minimum absolute atomic E-state index is 0.0762. The van der Waals surface area contributed by atoms with Crippen LogP contribution in [0.15, 0.2) is 0 Å². The summed E-state index contributed by atoms with van der Waals surface area (Å²) in [5, 5.41) is 15.4. The molecule has 0 spiro atoms. The topological polar surface area (TPSA) is 93.5 Å². The Bertz CT molecular complexity index is 486. The highest BCUT2D eigenvalue weighted by molar-refractivity contribution is 5.62. The summed E-state index contributed by atoms with van der Waals surface area (Å²) >= 11 is 0. The van der Waals surface area contributed by atoms with E-state index in [1.807, 2.05) is 11.9 Å². The highest BCUT2D eigenvalue weighted by Crippen LogP contribution is 2.32. The molecule has 1 aromatic heterocycles. The lowest BCUT2D eigenvalue weighted by Gasteiger charge is -2.40. The van der Waals surface area contributed by atoms with Crippen LogP contribution in [0.2, 0.25) is 0 Å². The lowest BCUT2D eigenvalue weighted by molar-refractivity contribution is -0.384. The second-order valence-corrected chi connectivity index (χ2v) is 4.98. The van der Waals surface area contributed by atoms with E-state index in [0.29, 0.717) is 18.1 Å². The molecule has 0 radical (unpaired) electrons. The smallest absolute Gasteiger partial charge is 0.333 e. The average molecular weight is 268 g/mol. The Morgan fingerprint density at radius 2 is 2.16 bits per heavy atom. The van der Waals surface area contributed by atoms with E-state index in [1.54, 1.807) is 18.7 Å². The Hall–Kier alpha value is -1.67. The van der Waals surface area contributed by atoms with Crippen LogP contribution in [0.4, 0.5) is 11.5 Å². The van der Waals surface area contributed by atoms with Crippen molar-refractivity contribution in [2.45, 2.75) is 13.0 Å². The van der Waals surface area contributed by atoms with Gasteiger partial charge in [0.15, 0.2) is 0 Å². The van der Waals surface area contributed by atoms with Crippen molar-refractivity contribution in [3.05, 3.63) is 15.8 Å². The average Bonchev–Trinajstić information content (AvgIpc) is 2.64. The van der Waals surface area contributed by atoms with Crippen molar-refractivity contribution in [2.24, 2.45) is 12.8 Å². The molecule has 1 unspecified atom stereocenters. The summed E-state index contributed by atoms with van der Waals surface area (Å²) in [7, 11) is 3.77. The minimum atomic E-state index is -0.358. The maximum atomic E-state index is 11.2. The largest absolute Gasteiger partial charge is 0.344 e. The van der Waals surface area contributed by atoms with Gasteiger partial charge in [-0.2, -0.15) is 5.10 Å². The second-order valence-electron chi connectivity index (χ2n) is 4.98. The van der Waals surface area contributed by atoms with E-state index in [9.17, 15) is 10.1 Å². The van der Waals surface area contributed by atoms with Crippen molar-refractivity contribution in [1.29, 1.82) is 0 Å². The molecule has 1 saturated heterocycles. The molecule has 2 N–H and O–H groups in total. The van der Waals surface area contributed by atoms with Crippen molar-refractivity contribution >= 4 is 11.5 Å². The van der Waals surface area contributed by atoms with E-state index < -0.39 is 0 Å². The molecule has 106 valence electrons. The fourth-order valence-corrected chi connectivity index (χ4v) is 2.66. The highest BCUT2D eigenvalue weighted by Gasteiger charge is 2.34.